The number of amides is 2. The molecule has 0 radical (unpaired) electrons. The fourth-order valence-electron chi connectivity index (χ4n) is 1.82. The molecule has 132 valence electrons. The second-order valence-corrected chi connectivity index (χ2v) is 4.83. The lowest BCUT2D eigenvalue weighted by Gasteiger charge is -2.09. The molecule has 25 heavy (non-hydrogen) atoms. The number of carbonyl (C=O) groups is 2. The van der Waals surface area contributed by atoms with Crippen LogP contribution in [0.15, 0.2) is 54.6 Å². The molecule has 2 rings (SSSR count). The smallest absolute Gasteiger partial charge is 0.387 e. The normalized spacial score (nSPS) is 10.2. The highest BCUT2D eigenvalue weighted by atomic mass is 19.3. The van der Waals surface area contributed by atoms with Crippen molar-refractivity contribution < 1.29 is 27.8 Å². The number of carbonyl (C=O) groups excluding carboxylic acids is 2. The molecule has 0 saturated carbocycles. The Morgan fingerprint density at radius 3 is 2.24 bits per heavy atom. The summed E-state index contributed by atoms with van der Waals surface area (Å²) in [7, 11) is 0. The molecule has 0 heterocycles. The van der Waals surface area contributed by atoms with E-state index >= 15 is 0 Å². The third-order valence-electron chi connectivity index (χ3n) is 2.92. The Labute approximate surface area is 142 Å². The molecule has 2 aromatic rings. The van der Waals surface area contributed by atoms with E-state index in [0.717, 1.165) is 0 Å². The number of rotatable bonds is 8. The van der Waals surface area contributed by atoms with Gasteiger partial charge in [0.25, 0.3) is 5.91 Å². The van der Waals surface area contributed by atoms with Gasteiger partial charge in [-0.3, -0.25) is 9.59 Å². The van der Waals surface area contributed by atoms with Crippen molar-refractivity contribution in [2.75, 3.05) is 18.5 Å². The Bertz CT molecular complexity index is 694. The number of hydrogen-bond acceptors (Lipinski definition) is 4. The molecule has 2 amide bonds. The molecule has 0 saturated heterocycles. The van der Waals surface area contributed by atoms with Gasteiger partial charge >= 0.3 is 6.61 Å². The number of benzene rings is 2. The Balaban J connectivity index is 1.70. The first-order valence-electron chi connectivity index (χ1n) is 7.32. The van der Waals surface area contributed by atoms with Crippen molar-refractivity contribution >= 4 is 17.5 Å². The van der Waals surface area contributed by atoms with Crippen molar-refractivity contribution in [1.82, 2.24) is 5.32 Å². The lowest BCUT2D eigenvalue weighted by atomic mass is 10.3. The maximum Gasteiger partial charge on any atom is 0.387 e. The van der Waals surface area contributed by atoms with E-state index in [1.807, 2.05) is 6.07 Å². The largest absolute Gasteiger partial charge is 0.484 e. The maximum atomic E-state index is 12.0. The van der Waals surface area contributed by atoms with Gasteiger partial charge in [0.05, 0.1) is 6.54 Å². The van der Waals surface area contributed by atoms with E-state index in [9.17, 15) is 18.4 Å². The SMILES string of the molecule is O=C(COc1ccccc1)NCC(=O)Nc1ccc(OC(F)F)cc1. The number of anilines is 1. The van der Waals surface area contributed by atoms with Crippen molar-refractivity contribution in [1.29, 1.82) is 0 Å². The first-order chi connectivity index (χ1) is 12.0. The van der Waals surface area contributed by atoms with Crippen LogP contribution in [0, 0.1) is 0 Å². The number of alkyl halides is 2. The minimum absolute atomic E-state index is 0.0145. The van der Waals surface area contributed by atoms with Crippen LogP contribution in [0.3, 0.4) is 0 Å². The van der Waals surface area contributed by atoms with E-state index in [1.165, 1.54) is 24.3 Å². The summed E-state index contributed by atoms with van der Waals surface area (Å²) in [5, 5.41) is 4.92. The zero-order chi connectivity index (χ0) is 18.1. The van der Waals surface area contributed by atoms with Crippen LogP contribution in [0.4, 0.5) is 14.5 Å². The van der Waals surface area contributed by atoms with Gasteiger partial charge in [0, 0.05) is 5.69 Å². The van der Waals surface area contributed by atoms with E-state index in [0.29, 0.717) is 11.4 Å². The highest BCUT2D eigenvalue weighted by molar-refractivity contribution is 5.94. The standard InChI is InChI=1S/C17H16F2N2O4/c18-17(19)25-14-8-6-12(7-9-14)21-15(22)10-20-16(23)11-24-13-4-2-1-3-5-13/h1-9,17H,10-11H2,(H,20,23)(H,21,22). The van der Waals surface area contributed by atoms with Gasteiger partial charge in [0.2, 0.25) is 5.91 Å². The molecule has 0 fully saturated rings. The molecule has 0 unspecified atom stereocenters. The molecule has 8 heteroatoms. The molecule has 0 aliphatic carbocycles. The molecule has 0 aliphatic rings. The monoisotopic (exact) mass is 350 g/mol. The lowest BCUT2D eigenvalue weighted by Crippen LogP contribution is -2.35. The van der Waals surface area contributed by atoms with Crippen LogP contribution >= 0.6 is 0 Å². The Hall–Kier alpha value is -3.16. The Morgan fingerprint density at radius 1 is 0.920 bits per heavy atom. The first kappa shape index (κ1) is 18.2. The predicted octanol–water partition coefficient (Wildman–Crippen LogP) is 2.42. The van der Waals surface area contributed by atoms with Gasteiger partial charge in [-0.15, -0.1) is 0 Å². The molecule has 0 aromatic heterocycles. The van der Waals surface area contributed by atoms with Gasteiger partial charge in [-0.1, -0.05) is 18.2 Å². The molecule has 0 spiro atoms. The Kier molecular flexibility index (Phi) is 6.70. The van der Waals surface area contributed by atoms with E-state index in [-0.39, 0.29) is 18.9 Å². The van der Waals surface area contributed by atoms with E-state index in [1.54, 1.807) is 24.3 Å². The topological polar surface area (TPSA) is 76.7 Å². The van der Waals surface area contributed by atoms with Crippen molar-refractivity contribution in [2.45, 2.75) is 6.61 Å². The number of para-hydroxylation sites is 1. The summed E-state index contributed by atoms with van der Waals surface area (Å²) in [6, 6.07) is 14.2. The molecule has 2 N–H and O–H groups in total. The van der Waals surface area contributed by atoms with Crippen LogP contribution in [0.5, 0.6) is 11.5 Å². The molecule has 2 aromatic carbocycles. The van der Waals surface area contributed by atoms with Gasteiger partial charge in [0.15, 0.2) is 6.61 Å². The summed E-state index contributed by atoms with van der Waals surface area (Å²) < 4.78 is 33.5. The second-order valence-electron chi connectivity index (χ2n) is 4.83. The number of nitrogens with one attached hydrogen (secondary N) is 2. The molecule has 0 bridgehead atoms. The van der Waals surface area contributed by atoms with Crippen molar-refractivity contribution in [3.8, 4) is 11.5 Å². The van der Waals surface area contributed by atoms with Crippen molar-refractivity contribution in [3.63, 3.8) is 0 Å². The van der Waals surface area contributed by atoms with Gasteiger partial charge < -0.3 is 20.1 Å². The Morgan fingerprint density at radius 2 is 1.60 bits per heavy atom. The zero-order valence-electron chi connectivity index (χ0n) is 13.1. The van der Waals surface area contributed by atoms with Crippen LogP contribution in [0.1, 0.15) is 0 Å². The van der Waals surface area contributed by atoms with Crippen LogP contribution < -0.4 is 20.1 Å². The summed E-state index contributed by atoms with van der Waals surface area (Å²) in [5.41, 5.74) is 0.390. The average molecular weight is 350 g/mol. The maximum absolute atomic E-state index is 12.0. The quantitative estimate of drug-likeness (QED) is 0.767. The third kappa shape index (κ3) is 6.86. The number of hydrogen-bond donors (Lipinski definition) is 2. The van der Waals surface area contributed by atoms with E-state index in [2.05, 4.69) is 15.4 Å². The minimum Gasteiger partial charge on any atom is -0.484 e. The van der Waals surface area contributed by atoms with Crippen LogP contribution in [-0.2, 0) is 9.59 Å². The highest BCUT2D eigenvalue weighted by Crippen LogP contribution is 2.17. The van der Waals surface area contributed by atoms with Crippen LogP contribution in [0.2, 0.25) is 0 Å². The summed E-state index contributed by atoms with van der Waals surface area (Å²) in [6.45, 7) is -3.36. The lowest BCUT2D eigenvalue weighted by molar-refractivity contribution is -0.125. The summed E-state index contributed by atoms with van der Waals surface area (Å²) in [5.74, 6) is -0.372. The van der Waals surface area contributed by atoms with Gasteiger partial charge in [-0.25, -0.2) is 0 Å². The van der Waals surface area contributed by atoms with Gasteiger partial charge in [-0.05, 0) is 36.4 Å². The summed E-state index contributed by atoms with van der Waals surface area (Å²) in [4.78, 5) is 23.4. The average Bonchev–Trinajstić information content (AvgIpc) is 2.60. The van der Waals surface area contributed by atoms with Crippen LogP contribution in [0.25, 0.3) is 0 Å². The predicted molar refractivity (Wildman–Crippen MR) is 86.7 cm³/mol. The summed E-state index contributed by atoms with van der Waals surface area (Å²) >= 11 is 0. The number of halogens is 2. The first-order valence-corrected chi connectivity index (χ1v) is 7.32. The molecular formula is C17H16F2N2O4. The van der Waals surface area contributed by atoms with Gasteiger partial charge in [-0.2, -0.15) is 8.78 Å². The third-order valence-corrected chi connectivity index (χ3v) is 2.92. The van der Waals surface area contributed by atoms with Gasteiger partial charge in [0.1, 0.15) is 11.5 Å². The van der Waals surface area contributed by atoms with Crippen molar-refractivity contribution in [2.24, 2.45) is 0 Å². The van der Waals surface area contributed by atoms with E-state index < -0.39 is 18.4 Å². The molecule has 0 atom stereocenters. The molecule has 6 nitrogen and oxygen atoms in total. The number of ether oxygens (including phenoxy) is 2. The molecular weight excluding hydrogens is 334 g/mol. The second kappa shape index (κ2) is 9.21. The van der Waals surface area contributed by atoms with Crippen LogP contribution in [-0.4, -0.2) is 31.6 Å². The summed E-state index contributed by atoms with van der Waals surface area (Å²) in [6.07, 6.45) is 0. The van der Waals surface area contributed by atoms with E-state index in [4.69, 9.17) is 4.74 Å². The minimum atomic E-state index is -2.91. The fourth-order valence-corrected chi connectivity index (χ4v) is 1.82. The van der Waals surface area contributed by atoms with Crippen molar-refractivity contribution in [3.05, 3.63) is 54.6 Å². The molecule has 0 aliphatic heterocycles. The fraction of sp³-hybridized carbons (Fsp3) is 0.176. The highest BCUT2D eigenvalue weighted by Gasteiger charge is 2.08. The zero-order valence-corrected chi connectivity index (χ0v) is 13.1.